The van der Waals surface area contributed by atoms with E-state index in [0.29, 0.717) is 0 Å². The second-order valence-corrected chi connectivity index (χ2v) is 9.38. The molecular formula is C26H37KO7S. The standard InChI is InChI=1S/C26H38O7S.K/c1-3-5-7-9-11-13-15-19-32-25(27)23-18-17-22(34(29,30)31)21-24(23)26(28)33-20-16-14-12-10-8-6-4-2;/h13-18,21H,3-12,19-20H2,1-2H3,(H,29,30,31);/q;+1/p-1/b15-13+,16-14+;. The molecule has 1 rings (SSSR count). The first-order valence-electron chi connectivity index (χ1n) is 12.0. The van der Waals surface area contributed by atoms with Gasteiger partial charge in [-0.15, -0.1) is 0 Å². The van der Waals surface area contributed by atoms with Gasteiger partial charge in [0, 0.05) is 0 Å². The minimum Gasteiger partial charge on any atom is -0.744 e. The number of ether oxygens (including phenoxy) is 2. The van der Waals surface area contributed by atoms with Gasteiger partial charge in [0.15, 0.2) is 0 Å². The summed E-state index contributed by atoms with van der Waals surface area (Å²) in [5.41, 5.74) is -0.473. The summed E-state index contributed by atoms with van der Waals surface area (Å²) < 4.78 is 44.5. The van der Waals surface area contributed by atoms with Crippen LogP contribution in [0, 0.1) is 0 Å². The maximum absolute atomic E-state index is 12.5. The smallest absolute Gasteiger partial charge is 0.744 e. The Kier molecular flexibility index (Phi) is 19.8. The molecular weight excluding hydrogens is 495 g/mol. The van der Waals surface area contributed by atoms with Crippen LogP contribution in [0.15, 0.2) is 47.4 Å². The molecule has 0 aliphatic carbocycles. The van der Waals surface area contributed by atoms with Gasteiger partial charge < -0.3 is 14.0 Å². The van der Waals surface area contributed by atoms with Crippen LogP contribution in [-0.4, -0.2) is 38.1 Å². The van der Waals surface area contributed by atoms with Crippen LogP contribution in [0.5, 0.6) is 0 Å². The van der Waals surface area contributed by atoms with E-state index < -0.39 is 27.0 Å². The molecule has 0 amide bonds. The van der Waals surface area contributed by atoms with Crippen LogP contribution in [0.25, 0.3) is 0 Å². The van der Waals surface area contributed by atoms with E-state index in [0.717, 1.165) is 69.6 Å². The van der Waals surface area contributed by atoms with Gasteiger partial charge in [0.1, 0.15) is 23.3 Å². The number of allylic oxidation sites excluding steroid dienone is 2. The van der Waals surface area contributed by atoms with Crippen LogP contribution >= 0.6 is 0 Å². The molecule has 0 aromatic heterocycles. The van der Waals surface area contributed by atoms with Gasteiger partial charge >= 0.3 is 63.3 Å². The molecule has 0 saturated carbocycles. The maximum atomic E-state index is 12.5. The van der Waals surface area contributed by atoms with Crippen molar-refractivity contribution in [2.45, 2.75) is 83.0 Å². The number of rotatable bonds is 17. The van der Waals surface area contributed by atoms with Crippen LogP contribution in [0.2, 0.25) is 0 Å². The number of carbonyl (C=O) groups excluding carboxylic acids is 2. The Morgan fingerprint density at radius 2 is 1.26 bits per heavy atom. The number of benzene rings is 1. The predicted octanol–water partition coefficient (Wildman–Crippen LogP) is 2.96. The fourth-order valence-electron chi connectivity index (χ4n) is 3.18. The van der Waals surface area contributed by atoms with Crippen molar-refractivity contribution in [2.75, 3.05) is 13.2 Å². The summed E-state index contributed by atoms with van der Waals surface area (Å²) in [5, 5.41) is 0. The van der Waals surface area contributed by atoms with E-state index in [-0.39, 0.29) is 75.7 Å². The van der Waals surface area contributed by atoms with Crippen molar-refractivity contribution in [3.8, 4) is 0 Å². The third kappa shape index (κ3) is 15.1. The van der Waals surface area contributed by atoms with Gasteiger partial charge in [-0.05, 0) is 43.9 Å². The average molecular weight is 533 g/mol. The molecule has 0 unspecified atom stereocenters. The minimum absolute atomic E-state index is 0. The van der Waals surface area contributed by atoms with E-state index >= 15 is 0 Å². The van der Waals surface area contributed by atoms with Crippen molar-refractivity contribution >= 4 is 22.1 Å². The van der Waals surface area contributed by atoms with Crippen molar-refractivity contribution in [3.63, 3.8) is 0 Å². The third-order valence-electron chi connectivity index (χ3n) is 5.12. The molecule has 0 bridgehead atoms. The van der Waals surface area contributed by atoms with Crippen LogP contribution in [0.1, 0.15) is 98.8 Å². The molecule has 1 aromatic carbocycles. The molecule has 9 heteroatoms. The first-order valence-corrected chi connectivity index (χ1v) is 13.5. The molecule has 190 valence electrons. The van der Waals surface area contributed by atoms with Gasteiger partial charge in [-0.3, -0.25) is 0 Å². The number of unbranched alkanes of at least 4 members (excludes halogenated alkanes) is 8. The molecule has 0 saturated heterocycles. The van der Waals surface area contributed by atoms with E-state index in [1.54, 1.807) is 12.2 Å². The molecule has 0 spiro atoms. The quantitative estimate of drug-likeness (QED) is 0.0997. The van der Waals surface area contributed by atoms with Crippen LogP contribution in [-0.2, 0) is 19.6 Å². The summed E-state index contributed by atoms with van der Waals surface area (Å²) in [6.45, 7) is 4.27. The van der Waals surface area contributed by atoms with Gasteiger partial charge in [0.2, 0.25) is 0 Å². The van der Waals surface area contributed by atoms with Gasteiger partial charge in [-0.2, -0.15) is 0 Å². The largest absolute Gasteiger partial charge is 1.00 e. The van der Waals surface area contributed by atoms with Crippen molar-refractivity contribution in [1.29, 1.82) is 0 Å². The molecule has 0 atom stereocenters. The van der Waals surface area contributed by atoms with Gasteiger partial charge in [0.25, 0.3) is 0 Å². The molecule has 0 fully saturated rings. The Morgan fingerprint density at radius 1 is 0.771 bits per heavy atom. The Labute approximate surface area is 252 Å². The topological polar surface area (TPSA) is 110 Å². The second kappa shape index (κ2) is 20.3. The first kappa shape index (κ1) is 34.2. The van der Waals surface area contributed by atoms with Crippen molar-refractivity contribution in [2.24, 2.45) is 0 Å². The van der Waals surface area contributed by atoms with Gasteiger partial charge in [-0.1, -0.05) is 76.7 Å². The van der Waals surface area contributed by atoms with Gasteiger partial charge in [0.05, 0.1) is 16.0 Å². The normalized spacial score (nSPS) is 11.5. The summed E-state index contributed by atoms with van der Waals surface area (Å²) in [5.74, 6) is -1.71. The fourth-order valence-corrected chi connectivity index (χ4v) is 3.68. The SMILES string of the molecule is CCCCCC/C=C/COC(=O)c1ccc(S(=O)(=O)[O-])cc1C(=O)OC/C=C/CCCCCC.[K+]. The van der Waals surface area contributed by atoms with E-state index in [1.807, 2.05) is 12.2 Å². The summed E-state index contributed by atoms with van der Waals surface area (Å²) in [7, 11) is -4.81. The average Bonchev–Trinajstić information content (AvgIpc) is 2.81. The monoisotopic (exact) mass is 532 g/mol. The number of hydrogen-bond donors (Lipinski definition) is 0. The molecule has 7 nitrogen and oxygen atoms in total. The fraction of sp³-hybridized carbons (Fsp3) is 0.538. The molecule has 0 aliphatic rings. The Balaban J connectivity index is 0.0000116. The van der Waals surface area contributed by atoms with Crippen molar-refractivity contribution in [3.05, 3.63) is 53.6 Å². The third-order valence-corrected chi connectivity index (χ3v) is 5.95. The Hall–Kier alpha value is -0.814. The number of esters is 2. The van der Waals surface area contributed by atoms with E-state index in [9.17, 15) is 22.6 Å². The van der Waals surface area contributed by atoms with Crippen molar-refractivity contribution < 1.29 is 83.4 Å². The molecule has 0 aliphatic heterocycles. The summed E-state index contributed by atoms with van der Waals surface area (Å²) in [4.78, 5) is 24.4. The van der Waals surface area contributed by atoms with E-state index in [2.05, 4.69) is 13.8 Å². The van der Waals surface area contributed by atoms with Crippen LogP contribution < -0.4 is 51.4 Å². The molecule has 0 N–H and O–H groups in total. The Morgan fingerprint density at radius 3 is 1.71 bits per heavy atom. The maximum Gasteiger partial charge on any atom is 1.00 e. The molecule has 0 heterocycles. The van der Waals surface area contributed by atoms with Crippen molar-refractivity contribution in [1.82, 2.24) is 0 Å². The second-order valence-electron chi connectivity index (χ2n) is 8.00. The van der Waals surface area contributed by atoms with Crippen LogP contribution in [0.3, 0.4) is 0 Å². The van der Waals surface area contributed by atoms with E-state index in [4.69, 9.17) is 9.47 Å². The molecule has 35 heavy (non-hydrogen) atoms. The number of carbonyl (C=O) groups is 2. The Bertz CT molecular complexity index is 924. The molecule has 0 radical (unpaired) electrons. The first-order chi connectivity index (χ1) is 16.3. The zero-order chi connectivity index (χ0) is 25.2. The van der Waals surface area contributed by atoms with E-state index in [1.165, 1.54) is 12.8 Å². The zero-order valence-corrected chi connectivity index (χ0v) is 25.2. The van der Waals surface area contributed by atoms with Gasteiger partial charge in [-0.25, -0.2) is 18.0 Å². The zero-order valence-electron chi connectivity index (χ0n) is 21.3. The number of hydrogen-bond acceptors (Lipinski definition) is 7. The molecule has 1 aromatic rings. The minimum atomic E-state index is -4.81. The summed E-state index contributed by atoms with van der Waals surface area (Å²) in [6, 6.07) is 2.94. The predicted molar refractivity (Wildman–Crippen MR) is 131 cm³/mol. The summed E-state index contributed by atoms with van der Waals surface area (Å²) in [6.07, 6.45) is 18.1. The van der Waals surface area contributed by atoms with Crippen LogP contribution in [0.4, 0.5) is 0 Å². The summed E-state index contributed by atoms with van der Waals surface area (Å²) >= 11 is 0.